The van der Waals surface area contributed by atoms with Crippen molar-refractivity contribution in [1.29, 1.82) is 0 Å². The molecule has 0 amide bonds. The maximum absolute atomic E-state index is 12.6. The molecule has 3 rings (SSSR count). The lowest BCUT2D eigenvalue weighted by molar-refractivity contribution is 0.103. The van der Waals surface area contributed by atoms with Crippen LogP contribution >= 0.6 is 0 Å². The molecule has 0 unspecified atom stereocenters. The highest BCUT2D eigenvalue weighted by atomic mass is 16.5. The van der Waals surface area contributed by atoms with Gasteiger partial charge in [-0.25, -0.2) is 0 Å². The minimum absolute atomic E-state index is 0.00130. The molecule has 0 spiro atoms. The Bertz CT molecular complexity index is 701. The van der Waals surface area contributed by atoms with Gasteiger partial charge in [0.25, 0.3) is 0 Å². The number of ketones is 1. The maximum atomic E-state index is 12.6. The molecule has 0 saturated carbocycles. The Labute approximate surface area is 124 Å². The first kappa shape index (κ1) is 13.7. The van der Waals surface area contributed by atoms with Crippen molar-refractivity contribution in [2.24, 2.45) is 0 Å². The zero-order valence-electron chi connectivity index (χ0n) is 12.5. The van der Waals surface area contributed by atoms with Gasteiger partial charge in [-0.1, -0.05) is 12.1 Å². The van der Waals surface area contributed by atoms with Gasteiger partial charge in [0.2, 0.25) is 0 Å². The van der Waals surface area contributed by atoms with Crippen LogP contribution in [-0.4, -0.2) is 18.5 Å². The van der Waals surface area contributed by atoms with E-state index in [1.54, 1.807) is 19.2 Å². The molecule has 1 aliphatic rings. The number of rotatable bonds is 3. The van der Waals surface area contributed by atoms with Crippen molar-refractivity contribution in [2.45, 2.75) is 25.9 Å². The van der Waals surface area contributed by atoms with E-state index >= 15 is 0 Å². The largest absolute Gasteiger partial charge is 0.497 e. The second kappa shape index (κ2) is 4.92. The Morgan fingerprint density at radius 3 is 2.67 bits per heavy atom. The molecule has 0 bridgehead atoms. The van der Waals surface area contributed by atoms with Gasteiger partial charge in [-0.2, -0.15) is 0 Å². The van der Waals surface area contributed by atoms with Gasteiger partial charge in [0, 0.05) is 17.5 Å². The molecule has 21 heavy (non-hydrogen) atoms. The van der Waals surface area contributed by atoms with Gasteiger partial charge in [0.15, 0.2) is 5.78 Å². The average molecular weight is 282 g/mol. The fourth-order valence-corrected chi connectivity index (χ4v) is 2.68. The standard InChI is InChI=1S/C18H18O3/c1-18(2)11-14-9-13(7-8-16(14)21-18)17(19)12-5-4-6-15(10-12)20-3/h4-10H,11H2,1-3H3. The van der Waals surface area contributed by atoms with Crippen LogP contribution in [0, 0.1) is 0 Å². The molecule has 2 aromatic rings. The van der Waals surface area contributed by atoms with Crippen LogP contribution in [0.4, 0.5) is 0 Å². The lowest BCUT2D eigenvalue weighted by Gasteiger charge is -2.16. The molecule has 108 valence electrons. The van der Waals surface area contributed by atoms with Crippen molar-refractivity contribution >= 4 is 5.78 Å². The Balaban J connectivity index is 1.93. The molecular weight excluding hydrogens is 264 g/mol. The van der Waals surface area contributed by atoms with Gasteiger partial charge in [0.1, 0.15) is 17.1 Å². The van der Waals surface area contributed by atoms with Crippen molar-refractivity contribution in [2.75, 3.05) is 7.11 Å². The molecule has 3 nitrogen and oxygen atoms in total. The molecule has 3 heteroatoms. The summed E-state index contributed by atoms with van der Waals surface area (Å²) in [6, 6.07) is 12.9. The van der Waals surface area contributed by atoms with Crippen LogP contribution < -0.4 is 9.47 Å². The molecule has 0 aromatic heterocycles. The molecule has 0 radical (unpaired) electrons. The monoisotopic (exact) mass is 282 g/mol. The van der Waals surface area contributed by atoms with Gasteiger partial charge >= 0.3 is 0 Å². The van der Waals surface area contributed by atoms with Crippen molar-refractivity contribution < 1.29 is 14.3 Å². The number of methoxy groups -OCH3 is 1. The molecule has 2 aromatic carbocycles. The minimum Gasteiger partial charge on any atom is -0.497 e. The Morgan fingerprint density at radius 2 is 1.90 bits per heavy atom. The summed E-state index contributed by atoms with van der Waals surface area (Å²) in [6.45, 7) is 4.10. The van der Waals surface area contributed by atoms with Gasteiger partial charge < -0.3 is 9.47 Å². The van der Waals surface area contributed by atoms with E-state index in [0.717, 1.165) is 17.7 Å². The van der Waals surface area contributed by atoms with Crippen LogP contribution in [0.5, 0.6) is 11.5 Å². The summed E-state index contributed by atoms with van der Waals surface area (Å²) in [6.07, 6.45) is 0.821. The molecular formula is C18H18O3. The lowest BCUT2D eigenvalue weighted by atomic mass is 9.97. The number of ether oxygens (including phenoxy) is 2. The van der Waals surface area contributed by atoms with E-state index in [9.17, 15) is 4.79 Å². The summed E-state index contributed by atoms with van der Waals surface area (Å²) in [4.78, 5) is 12.6. The predicted molar refractivity (Wildman–Crippen MR) is 81.3 cm³/mol. The fraction of sp³-hybridized carbons (Fsp3) is 0.278. The third-order valence-corrected chi connectivity index (χ3v) is 3.66. The van der Waals surface area contributed by atoms with Gasteiger partial charge in [-0.15, -0.1) is 0 Å². The third-order valence-electron chi connectivity index (χ3n) is 3.66. The summed E-state index contributed by atoms with van der Waals surface area (Å²) >= 11 is 0. The van der Waals surface area contributed by atoms with E-state index in [1.807, 2.05) is 30.3 Å². The quantitative estimate of drug-likeness (QED) is 0.806. The molecule has 0 fully saturated rings. The zero-order chi connectivity index (χ0) is 15.0. The summed E-state index contributed by atoms with van der Waals surface area (Å²) in [5.41, 5.74) is 2.21. The van der Waals surface area contributed by atoms with Gasteiger partial charge in [-0.3, -0.25) is 4.79 Å². The highest BCUT2D eigenvalue weighted by Crippen LogP contribution is 2.35. The Morgan fingerprint density at radius 1 is 1.14 bits per heavy atom. The van der Waals surface area contributed by atoms with E-state index in [-0.39, 0.29) is 11.4 Å². The first-order chi connectivity index (χ1) is 9.98. The number of benzene rings is 2. The van der Waals surface area contributed by atoms with Crippen LogP contribution in [0.2, 0.25) is 0 Å². The Kier molecular flexibility index (Phi) is 3.20. The highest BCUT2D eigenvalue weighted by Gasteiger charge is 2.30. The lowest BCUT2D eigenvalue weighted by Crippen LogP contribution is -2.24. The maximum Gasteiger partial charge on any atom is 0.193 e. The molecule has 0 atom stereocenters. The highest BCUT2D eigenvalue weighted by molar-refractivity contribution is 6.09. The van der Waals surface area contributed by atoms with Crippen molar-refractivity contribution in [3.63, 3.8) is 0 Å². The van der Waals surface area contributed by atoms with Crippen LogP contribution in [0.25, 0.3) is 0 Å². The van der Waals surface area contributed by atoms with Crippen molar-refractivity contribution in [3.8, 4) is 11.5 Å². The zero-order valence-corrected chi connectivity index (χ0v) is 12.5. The van der Waals surface area contributed by atoms with Gasteiger partial charge in [0.05, 0.1) is 7.11 Å². The molecule has 1 heterocycles. The normalized spacial score (nSPS) is 15.2. The Hall–Kier alpha value is -2.29. The van der Waals surface area contributed by atoms with E-state index in [4.69, 9.17) is 9.47 Å². The van der Waals surface area contributed by atoms with Crippen LogP contribution in [-0.2, 0) is 6.42 Å². The summed E-state index contributed by atoms with van der Waals surface area (Å²) < 4.78 is 11.0. The topological polar surface area (TPSA) is 35.5 Å². The predicted octanol–water partition coefficient (Wildman–Crippen LogP) is 3.64. The number of hydrogen-bond acceptors (Lipinski definition) is 3. The number of carbonyl (C=O) groups is 1. The van der Waals surface area contributed by atoms with Crippen molar-refractivity contribution in [3.05, 3.63) is 59.2 Å². The van der Waals surface area contributed by atoms with E-state index in [2.05, 4.69) is 13.8 Å². The number of fused-ring (bicyclic) bond motifs is 1. The van der Waals surface area contributed by atoms with E-state index in [0.29, 0.717) is 16.9 Å². The SMILES string of the molecule is COc1cccc(C(=O)c2ccc3c(c2)CC(C)(C)O3)c1. The fourth-order valence-electron chi connectivity index (χ4n) is 2.68. The van der Waals surface area contributed by atoms with Crippen LogP contribution in [0.1, 0.15) is 35.3 Å². The first-order valence-corrected chi connectivity index (χ1v) is 6.99. The smallest absolute Gasteiger partial charge is 0.193 e. The molecule has 0 N–H and O–H groups in total. The van der Waals surface area contributed by atoms with E-state index in [1.165, 1.54) is 0 Å². The average Bonchev–Trinajstić information content (AvgIpc) is 2.79. The second-order valence-corrected chi connectivity index (χ2v) is 5.92. The van der Waals surface area contributed by atoms with Crippen molar-refractivity contribution in [1.82, 2.24) is 0 Å². The third kappa shape index (κ3) is 2.64. The minimum atomic E-state index is -0.194. The number of carbonyl (C=O) groups excluding carboxylic acids is 1. The number of hydrogen-bond donors (Lipinski definition) is 0. The van der Waals surface area contributed by atoms with Gasteiger partial charge in [-0.05, 0) is 49.7 Å². The van der Waals surface area contributed by atoms with Crippen LogP contribution in [0.15, 0.2) is 42.5 Å². The first-order valence-electron chi connectivity index (χ1n) is 6.99. The summed E-state index contributed by atoms with van der Waals surface area (Å²) in [5, 5.41) is 0. The van der Waals surface area contributed by atoms with Crippen LogP contribution in [0.3, 0.4) is 0 Å². The summed E-state index contributed by atoms with van der Waals surface area (Å²) in [5.74, 6) is 1.56. The summed E-state index contributed by atoms with van der Waals surface area (Å²) in [7, 11) is 1.60. The molecule has 0 saturated heterocycles. The van der Waals surface area contributed by atoms with E-state index < -0.39 is 0 Å². The molecule has 0 aliphatic carbocycles. The molecule has 1 aliphatic heterocycles. The second-order valence-electron chi connectivity index (χ2n) is 5.92.